The Bertz CT molecular complexity index is 933. The molecule has 0 N–H and O–H groups in total. The van der Waals surface area contributed by atoms with Crippen molar-refractivity contribution in [3.8, 4) is 0 Å². The van der Waals surface area contributed by atoms with E-state index in [1.165, 1.54) is 0 Å². The van der Waals surface area contributed by atoms with Crippen LogP contribution in [0.15, 0.2) is 26.4 Å². The fourth-order valence-corrected chi connectivity index (χ4v) is 4.97. The molecule has 168 valence electrons. The molecule has 3 rings (SSSR count). The van der Waals surface area contributed by atoms with E-state index < -0.39 is 22.3 Å². The molecule has 3 aliphatic heterocycles. The number of halogens is 2. The fraction of sp³-hybridized carbons (Fsp3) is 0.750. The maximum Gasteiger partial charge on any atom is 0.266 e. The third-order valence-electron chi connectivity index (χ3n) is 5.62. The number of nitrogens with zero attached hydrogens (tertiary/aromatic N) is 5. The lowest BCUT2D eigenvalue weighted by atomic mass is 9.93. The van der Waals surface area contributed by atoms with Crippen LogP contribution in [-0.2, 0) is 9.84 Å². The Labute approximate surface area is 177 Å². The first-order valence-electron chi connectivity index (χ1n) is 10.3. The zero-order valence-corrected chi connectivity index (χ0v) is 19.4. The summed E-state index contributed by atoms with van der Waals surface area (Å²) in [7, 11) is -1.30. The third kappa shape index (κ3) is 4.73. The minimum absolute atomic E-state index is 0.0385. The molecule has 2 saturated heterocycles. The van der Waals surface area contributed by atoms with E-state index in [4.69, 9.17) is 4.99 Å². The highest BCUT2D eigenvalue weighted by molar-refractivity contribution is 7.92. The number of likely N-dealkylation sites (tertiary alicyclic amines) is 1. The molecule has 0 saturated carbocycles. The summed E-state index contributed by atoms with van der Waals surface area (Å²) in [6.45, 7) is 9.67. The number of alkyl halides is 2. The molecule has 0 spiro atoms. The average molecular weight is 444 g/mol. The fourth-order valence-electron chi connectivity index (χ4n) is 3.47. The molecule has 0 radical (unpaired) electrons. The maximum atomic E-state index is 14.0. The first-order valence-corrected chi connectivity index (χ1v) is 12.1. The Morgan fingerprint density at radius 2 is 1.93 bits per heavy atom. The lowest BCUT2D eigenvalue weighted by molar-refractivity contribution is 0.0177. The first kappa shape index (κ1) is 22.8. The summed E-state index contributed by atoms with van der Waals surface area (Å²) in [5.74, 6) is -1.73. The lowest BCUT2D eigenvalue weighted by Gasteiger charge is -2.34. The normalized spacial score (nSPS) is 26.9. The zero-order valence-electron chi connectivity index (χ0n) is 18.5. The Hall–Kier alpha value is -1.84. The van der Waals surface area contributed by atoms with Gasteiger partial charge in [-0.05, 0) is 18.9 Å². The zero-order chi connectivity index (χ0) is 22.5. The molecule has 30 heavy (non-hydrogen) atoms. The van der Waals surface area contributed by atoms with Gasteiger partial charge >= 0.3 is 0 Å². The quantitative estimate of drug-likeness (QED) is 0.629. The number of sulfone groups is 1. The molecule has 0 amide bonds. The smallest absolute Gasteiger partial charge is 0.266 e. The molecule has 0 aromatic carbocycles. The standard InChI is InChI=1S/C20H31F2N5O2S/c1-7-13(2)15-16(25-26(6)14-10-30(28,29)11-14)17(24-18(23-15)19(3,4)5)27-9-8-20(21,22)12-27/h14H,7-12H2,1-6H3/b15-13-,25-16+. The van der Waals surface area contributed by atoms with Gasteiger partial charge in [-0.1, -0.05) is 27.7 Å². The molecule has 2 fully saturated rings. The number of rotatable bonds is 3. The van der Waals surface area contributed by atoms with Gasteiger partial charge in [0.2, 0.25) is 0 Å². The van der Waals surface area contributed by atoms with E-state index in [0.717, 1.165) is 12.0 Å². The van der Waals surface area contributed by atoms with Crippen LogP contribution in [0, 0.1) is 5.41 Å². The maximum absolute atomic E-state index is 14.0. The van der Waals surface area contributed by atoms with Gasteiger partial charge in [-0.3, -0.25) is 5.01 Å². The Morgan fingerprint density at radius 1 is 1.30 bits per heavy atom. The molecule has 0 atom stereocenters. The molecule has 0 aromatic heterocycles. The first-order chi connectivity index (χ1) is 13.7. The van der Waals surface area contributed by atoms with Gasteiger partial charge in [0.1, 0.15) is 5.84 Å². The van der Waals surface area contributed by atoms with Crippen molar-refractivity contribution in [3.05, 3.63) is 11.3 Å². The number of aliphatic imine (C=N–C) groups is 2. The summed E-state index contributed by atoms with van der Waals surface area (Å²) in [5, 5.41) is 6.28. The molecule has 0 aliphatic carbocycles. The summed E-state index contributed by atoms with van der Waals surface area (Å²) in [5.41, 5.74) is 1.68. The summed E-state index contributed by atoms with van der Waals surface area (Å²) in [6, 6.07) is -0.236. The average Bonchev–Trinajstić information content (AvgIpc) is 2.97. The molecule has 0 aromatic rings. The van der Waals surface area contributed by atoms with E-state index in [1.807, 2.05) is 34.6 Å². The largest absolute Gasteiger partial charge is 0.348 e. The molecular weight excluding hydrogens is 412 g/mol. The second kappa shape index (κ2) is 7.69. The van der Waals surface area contributed by atoms with Crippen LogP contribution in [0.4, 0.5) is 8.78 Å². The predicted molar refractivity (Wildman–Crippen MR) is 116 cm³/mol. The van der Waals surface area contributed by atoms with E-state index in [2.05, 4.69) is 10.1 Å². The predicted octanol–water partition coefficient (Wildman–Crippen LogP) is 2.95. The van der Waals surface area contributed by atoms with Crippen molar-refractivity contribution < 1.29 is 17.2 Å². The minimum Gasteiger partial charge on any atom is -0.348 e. The van der Waals surface area contributed by atoms with Gasteiger partial charge in [0, 0.05) is 25.4 Å². The number of amidine groups is 2. The molecule has 3 aliphatic rings. The van der Waals surface area contributed by atoms with Gasteiger partial charge in [0.05, 0.1) is 29.8 Å². The monoisotopic (exact) mass is 443 g/mol. The van der Waals surface area contributed by atoms with Crippen LogP contribution in [0.25, 0.3) is 0 Å². The molecular formula is C20H31F2N5O2S. The van der Waals surface area contributed by atoms with Gasteiger partial charge in [-0.2, -0.15) is 5.10 Å². The van der Waals surface area contributed by atoms with Crippen molar-refractivity contribution in [2.24, 2.45) is 20.5 Å². The highest BCUT2D eigenvalue weighted by atomic mass is 32.2. The van der Waals surface area contributed by atoms with Crippen molar-refractivity contribution in [2.45, 2.75) is 59.4 Å². The summed E-state index contributed by atoms with van der Waals surface area (Å²) in [4.78, 5) is 11.0. The van der Waals surface area contributed by atoms with Crippen molar-refractivity contribution >= 4 is 27.2 Å². The van der Waals surface area contributed by atoms with Gasteiger partial charge in [0.15, 0.2) is 21.4 Å². The summed E-state index contributed by atoms with van der Waals surface area (Å²) >= 11 is 0. The Balaban J connectivity index is 2.08. The molecule has 7 nitrogen and oxygen atoms in total. The second-order valence-electron chi connectivity index (χ2n) is 9.38. The van der Waals surface area contributed by atoms with Crippen LogP contribution in [0.2, 0.25) is 0 Å². The van der Waals surface area contributed by atoms with Gasteiger partial charge < -0.3 is 4.90 Å². The van der Waals surface area contributed by atoms with Crippen LogP contribution in [0.5, 0.6) is 0 Å². The van der Waals surface area contributed by atoms with Crippen LogP contribution >= 0.6 is 0 Å². The van der Waals surface area contributed by atoms with E-state index in [0.29, 0.717) is 23.1 Å². The van der Waals surface area contributed by atoms with E-state index in [-0.39, 0.29) is 35.9 Å². The third-order valence-corrected chi connectivity index (χ3v) is 7.40. The topological polar surface area (TPSA) is 77.7 Å². The number of hydrazone groups is 1. The van der Waals surface area contributed by atoms with Crippen LogP contribution in [0.3, 0.4) is 0 Å². The van der Waals surface area contributed by atoms with Crippen molar-refractivity contribution in [3.63, 3.8) is 0 Å². The van der Waals surface area contributed by atoms with Crippen LogP contribution < -0.4 is 0 Å². The number of hydrogen-bond donors (Lipinski definition) is 0. The molecule has 3 heterocycles. The minimum atomic E-state index is -3.01. The SMILES string of the molecule is CC/C(C)=C1\N=C(C(C)(C)C)N=C(N2CCC(F)(F)C2)\C1=N\N(C)C1CS(=O)(=O)C1. The van der Waals surface area contributed by atoms with Gasteiger partial charge in [0.25, 0.3) is 5.92 Å². The molecule has 0 bridgehead atoms. The van der Waals surface area contributed by atoms with E-state index >= 15 is 0 Å². The summed E-state index contributed by atoms with van der Waals surface area (Å²) < 4.78 is 51.2. The van der Waals surface area contributed by atoms with Crippen LogP contribution in [-0.4, -0.2) is 79.3 Å². The lowest BCUT2D eigenvalue weighted by Crippen LogP contribution is -2.51. The van der Waals surface area contributed by atoms with Gasteiger partial charge in [-0.15, -0.1) is 0 Å². The van der Waals surface area contributed by atoms with Crippen LogP contribution in [0.1, 0.15) is 47.5 Å². The molecule has 0 unspecified atom stereocenters. The molecule has 10 heteroatoms. The van der Waals surface area contributed by atoms with E-state index in [9.17, 15) is 17.2 Å². The van der Waals surface area contributed by atoms with Crippen molar-refractivity contribution in [1.82, 2.24) is 9.91 Å². The summed E-state index contributed by atoms with van der Waals surface area (Å²) in [6.07, 6.45) is 0.490. The second-order valence-corrected chi connectivity index (χ2v) is 11.5. The van der Waals surface area contributed by atoms with Crippen molar-refractivity contribution in [1.29, 1.82) is 0 Å². The van der Waals surface area contributed by atoms with Crippen molar-refractivity contribution in [2.75, 3.05) is 31.6 Å². The van der Waals surface area contributed by atoms with E-state index in [1.54, 1.807) is 17.0 Å². The van der Waals surface area contributed by atoms with Gasteiger partial charge in [-0.25, -0.2) is 27.2 Å². The number of hydrogen-bond acceptors (Lipinski definition) is 7. The highest BCUT2D eigenvalue weighted by Gasteiger charge is 2.43. The Kier molecular flexibility index (Phi) is 5.85. The number of allylic oxidation sites excluding steroid dienone is 1. The Morgan fingerprint density at radius 3 is 2.40 bits per heavy atom. The highest BCUT2D eigenvalue weighted by Crippen LogP contribution is 2.32.